The van der Waals surface area contributed by atoms with Gasteiger partial charge in [-0.25, -0.2) is 9.97 Å². The highest BCUT2D eigenvalue weighted by atomic mass is 16.6. The standard InChI is InChI=1S/C22H26N6O3/c29-18(9-14-4-2-1-3-5-14)26-27-21-19(28(30)31)20(23-13-24-21)25-22-10-15-6-16(11-22)8-17(7-15)12-22/h1-5,13,15-17H,6-12H2,(H,26,29)(H2,23,24,25,27). The number of amides is 1. The van der Waals surface area contributed by atoms with Gasteiger partial charge in [0, 0.05) is 5.54 Å². The number of rotatable bonds is 7. The fourth-order valence-electron chi connectivity index (χ4n) is 6.20. The summed E-state index contributed by atoms with van der Waals surface area (Å²) >= 11 is 0. The SMILES string of the molecule is O=C(Cc1ccccc1)NNc1ncnc(NC23CC4CC(CC(C4)C2)C3)c1[N+](=O)[O-]. The van der Waals surface area contributed by atoms with Crippen LogP contribution in [-0.4, -0.2) is 26.3 Å². The molecule has 0 atom stereocenters. The van der Waals surface area contributed by atoms with E-state index in [-0.39, 0.29) is 35.2 Å². The molecule has 4 aliphatic carbocycles. The van der Waals surface area contributed by atoms with Crippen molar-refractivity contribution in [2.24, 2.45) is 17.8 Å². The maximum Gasteiger partial charge on any atom is 0.354 e. The van der Waals surface area contributed by atoms with Gasteiger partial charge in [-0.1, -0.05) is 30.3 Å². The molecule has 4 fully saturated rings. The lowest BCUT2D eigenvalue weighted by atomic mass is 9.53. The molecule has 0 aliphatic heterocycles. The Kier molecular flexibility index (Phi) is 4.95. The van der Waals surface area contributed by atoms with Crippen molar-refractivity contribution in [3.8, 4) is 0 Å². The van der Waals surface area contributed by atoms with Crippen molar-refractivity contribution in [1.82, 2.24) is 15.4 Å². The summed E-state index contributed by atoms with van der Waals surface area (Å²) in [5.41, 5.74) is 5.64. The molecule has 0 saturated heterocycles. The van der Waals surface area contributed by atoms with E-state index in [1.165, 1.54) is 25.6 Å². The number of nitro groups is 1. The van der Waals surface area contributed by atoms with Gasteiger partial charge in [0.05, 0.1) is 11.3 Å². The average molecular weight is 422 g/mol. The van der Waals surface area contributed by atoms with Crippen molar-refractivity contribution in [1.29, 1.82) is 0 Å². The van der Waals surface area contributed by atoms with E-state index in [9.17, 15) is 14.9 Å². The Morgan fingerprint density at radius 2 is 1.65 bits per heavy atom. The number of anilines is 2. The molecule has 4 aliphatic rings. The summed E-state index contributed by atoms with van der Waals surface area (Å²) < 4.78 is 0. The quantitative estimate of drug-likeness (QED) is 0.461. The summed E-state index contributed by atoms with van der Waals surface area (Å²) in [5, 5.41) is 15.4. The van der Waals surface area contributed by atoms with E-state index in [4.69, 9.17) is 0 Å². The molecule has 1 heterocycles. The first-order valence-electron chi connectivity index (χ1n) is 10.9. The molecule has 31 heavy (non-hydrogen) atoms. The summed E-state index contributed by atoms with van der Waals surface area (Å²) in [6.07, 6.45) is 8.42. The minimum absolute atomic E-state index is 0.0198. The molecule has 3 N–H and O–H groups in total. The second-order valence-electron chi connectivity index (χ2n) is 9.34. The molecule has 0 radical (unpaired) electrons. The summed E-state index contributed by atoms with van der Waals surface area (Å²) in [5.74, 6) is 2.00. The van der Waals surface area contributed by atoms with Gasteiger partial charge in [0.1, 0.15) is 6.33 Å². The van der Waals surface area contributed by atoms with Crippen LogP contribution in [-0.2, 0) is 11.2 Å². The molecular weight excluding hydrogens is 396 g/mol. The van der Waals surface area contributed by atoms with Crippen LogP contribution in [0.25, 0.3) is 0 Å². The predicted octanol–water partition coefficient (Wildman–Crippen LogP) is 3.45. The summed E-state index contributed by atoms with van der Waals surface area (Å²) in [6.45, 7) is 0. The Morgan fingerprint density at radius 3 is 2.26 bits per heavy atom. The highest BCUT2D eigenvalue weighted by Crippen LogP contribution is 2.56. The zero-order valence-electron chi connectivity index (χ0n) is 17.2. The molecule has 9 nitrogen and oxygen atoms in total. The monoisotopic (exact) mass is 422 g/mol. The van der Waals surface area contributed by atoms with Gasteiger partial charge in [0.2, 0.25) is 17.5 Å². The van der Waals surface area contributed by atoms with Crippen LogP contribution >= 0.6 is 0 Å². The first kappa shape index (κ1) is 19.7. The number of carbonyl (C=O) groups is 1. The van der Waals surface area contributed by atoms with Crippen LogP contribution in [0.4, 0.5) is 17.3 Å². The van der Waals surface area contributed by atoms with Gasteiger partial charge in [0.25, 0.3) is 0 Å². The molecule has 0 unspecified atom stereocenters. The second-order valence-corrected chi connectivity index (χ2v) is 9.34. The van der Waals surface area contributed by atoms with Gasteiger partial charge in [-0.3, -0.25) is 25.8 Å². The number of nitrogens with one attached hydrogen (secondary N) is 3. The van der Waals surface area contributed by atoms with Crippen molar-refractivity contribution < 1.29 is 9.72 Å². The Labute approximate surface area is 180 Å². The Bertz CT molecular complexity index is 961. The highest BCUT2D eigenvalue weighted by Gasteiger charge is 2.51. The maximum atomic E-state index is 12.2. The summed E-state index contributed by atoms with van der Waals surface area (Å²) in [6, 6.07) is 9.28. The number of nitrogens with zero attached hydrogens (tertiary/aromatic N) is 3. The van der Waals surface area contributed by atoms with Crippen LogP contribution < -0.4 is 16.2 Å². The summed E-state index contributed by atoms with van der Waals surface area (Å²) in [7, 11) is 0. The molecule has 4 saturated carbocycles. The number of carbonyl (C=O) groups excluding carboxylic acids is 1. The molecular formula is C22H26N6O3. The average Bonchev–Trinajstić information content (AvgIpc) is 2.71. The fourth-order valence-corrected chi connectivity index (χ4v) is 6.20. The Balaban J connectivity index is 1.32. The van der Waals surface area contributed by atoms with E-state index >= 15 is 0 Å². The zero-order chi connectivity index (χ0) is 21.4. The number of hydrogen-bond donors (Lipinski definition) is 3. The van der Waals surface area contributed by atoms with Crippen LogP contribution in [0.1, 0.15) is 44.1 Å². The molecule has 9 heteroatoms. The molecule has 0 spiro atoms. The van der Waals surface area contributed by atoms with E-state index in [2.05, 4.69) is 26.1 Å². The lowest BCUT2D eigenvalue weighted by molar-refractivity contribution is -0.383. The third-order valence-corrected chi connectivity index (χ3v) is 6.95. The zero-order valence-corrected chi connectivity index (χ0v) is 17.2. The second kappa shape index (κ2) is 7.79. The number of hydrogen-bond acceptors (Lipinski definition) is 7. The minimum atomic E-state index is -0.492. The topological polar surface area (TPSA) is 122 Å². The lowest BCUT2D eigenvalue weighted by Crippen LogP contribution is -2.55. The minimum Gasteiger partial charge on any atom is -0.359 e. The van der Waals surface area contributed by atoms with Gasteiger partial charge in [-0.2, -0.15) is 0 Å². The predicted molar refractivity (Wildman–Crippen MR) is 115 cm³/mol. The van der Waals surface area contributed by atoms with Gasteiger partial charge in [0.15, 0.2) is 0 Å². The van der Waals surface area contributed by atoms with Crippen molar-refractivity contribution in [3.05, 3.63) is 52.3 Å². The van der Waals surface area contributed by atoms with Gasteiger partial charge in [-0.15, -0.1) is 0 Å². The molecule has 1 amide bonds. The third kappa shape index (κ3) is 4.04. The van der Waals surface area contributed by atoms with Crippen molar-refractivity contribution in [2.75, 3.05) is 10.7 Å². The Morgan fingerprint density at radius 1 is 1.03 bits per heavy atom. The van der Waals surface area contributed by atoms with Gasteiger partial charge >= 0.3 is 5.69 Å². The maximum absolute atomic E-state index is 12.2. The smallest absolute Gasteiger partial charge is 0.354 e. The molecule has 2 aromatic rings. The first-order chi connectivity index (χ1) is 15.0. The van der Waals surface area contributed by atoms with Crippen molar-refractivity contribution >= 4 is 23.2 Å². The molecule has 6 rings (SSSR count). The molecule has 162 valence electrons. The lowest BCUT2D eigenvalue weighted by Gasteiger charge is -2.57. The van der Waals surface area contributed by atoms with Crippen LogP contribution in [0, 0.1) is 27.9 Å². The fraction of sp³-hybridized carbons (Fsp3) is 0.500. The number of benzene rings is 1. The van der Waals surface area contributed by atoms with Crippen LogP contribution in [0.2, 0.25) is 0 Å². The van der Waals surface area contributed by atoms with E-state index in [0.717, 1.165) is 24.8 Å². The number of aromatic nitrogens is 2. The van der Waals surface area contributed by atoms with Crippen molar-refractivity contribution in [3.63, 3.8) is 0 Å². The largest absolute Gasteiger partial charge is 0.359 e. The van der Waals surface area contributed by atoms with Gasteiger partial charge in [-0.05, 0) is 61.8 Å². The van der Waals surface area contributed by atoms with E-state index in [1.807, 2.05) is 30.3 Å². The first-order valence-corrected chi connectivity index (χ1v) is 10.9. The Hall–Kier alpha value is -3.23. The molecule has 4 bridgehead atoms. The van der Waals surface area contributed by atoms with E-state index in [0.29, 0.717) is 17.8 Å². The van der Waals surface area contributed by atoms with Gasteiger partial charge < -0.3 is 5.32 Å². The normalized spacial score (nSPS) is 28.2. The number of hydrazine groups is 1. The van der Waals surface area contributed by atoms with E-state index < -0.39 is 4.92 Å². The van der Waals surface area contributed by atoms with Crippen LogP contribution in [0.5, 0.6) is 0 Å². The third-order valence-electron chi connectivity index (χ3n) is 6.95. The van der Waals surface area contributed by atoms with Crippen molar-refractivity contribution in [2.45, 2.75) is 50.5 Å². The highest BCUT2D eigenvalue weighted by molar-refractivity contribution is 5.81. The summed E-state index contributed by atoms with van der Waals surface area (Å²) in [4.78, 5) is 31.9. The molecule has 1 aromatic carbocycles. The van der Waals surface area contributed by atoms with Crippen LogP contribution in [0.15, 0.2) is 36.7 Å². The van der Waals surface area contributed by atoms with E-state index in [1.54, 1.807) is 0 Å². The van der Waals surface area contributed by atoms with Crippen LogP contribution in [0.3, 0.4) is 0 Å². The molecule has 1 aromatic heterocycles.